The van der Waals surface area contributed by atoms with Crippen LogP contribution in [0.5, 0.6) is 0 Å². The standard InChI is InChI=1S/C27H30F4N4O/c28-23-15-22(27(29,30)31)16-24(17-23)33-26(36)35(13-12-34-10-1-2-11-34)25-8-6-20(7-9-25)21-5-3-4-19(14-21)18-32/h3-6,14-17,25-26,33,36H,1-2,7-13H2. The van der Waals surface area contributed by atoms with E-state index in [0.29, 0.717) is 24.6 Å². The van der Waals surface area contributed by atoms with E-state index in [4.69, 9.17) is 0 Å². The molecule has 0 bridgehead atoms. The molecule has 192 valence electrons. The summed E-state index contributed by atoms with van der Waals surface area (Å²) in [6.07, 6.45) is 0.502. The van der Waals surface area contributed by atoms with Gasteiger partial charge in [0.25, 0.3) is 0 Å². The van der Waals surface area contributed by atoms with Crippen molar-refractivity contribution in [3.63, 3.8) is 0 Å². The predicted octanol–water partition coefficient (Wildman–Crippen LogP) is 5.44. The Bertz CT molecular complexity index is 1120. The number of likely N-dealkylation sites (tertiary alicyclic amines) is 1. The minimum atomic E-state index is -4.69. The number of hydrogen-bond donors (Lipinski definition) is 2. The number of nitrogens with one attached hydrogen (secondary N) is 1. The number of allylic oxidation sites excluding steroid dienone is 1. The van der Waals surface area contributed by atoms with E-state index in [2.05, 4.69) is 22.4 Å². The van der Waals surface area contributed by atoms with Crippen LogP contribution in [-0.2, 0) is 6.18 Å². The fourth-order valence-electron chi connectivity index (χ4n) is 5.01. The van der Waals surface area contributed by atoms with E-state index in [-0.39, 0.29) is 11.7 Å². The zero-order chi connectivity index (χ0) is 25.7. The second-order valence-electron chi connectivity index (χ2n) is 9.38. The molecule has 0 saturated carbocycles. The van der Waals surface area contributed by atoms with Crippen molar-refractivity contribution < 1.29 is 22.7 Å². The van der Waals surface area contributed by atoms with Crippen LogP contribution in [0.2, 0.25) is 0 Å². The Hall–Kier alpha value is -2.93. The summed E-state index contributed by atoms with van der Waals surface area (Å²) in [6, 6.07) is 11.8. The van der Waals surface area contributed by atoms with Gasteiger partial charge in [0.05, 0.1) is 17.2 Å². The quantitative estimate of drug-likeness (QED) is 0.372. The molecule has 36 heavy (non-hydrogen) atoms. The Labute approximate surface area is 208 Å². The van der Waals surface area contributed by atoms with Crippen LogP contribution in [0.25, 0.3) is 5.57 Å². The lowest BCUT2D eigenvalue weighted by atomic mass is 9.89. The topological polar surface area (TPSA) is 62.5 Å². The molecule has 5 nitrogen and oxygen atoms in total. The first-order valence-electron chi connectivity index (χ1n) is 12.2. The summed E-state index contributed by atoms with van der Waals surface area (Å²) in [7, 11) is 0. The fourth-order valence-corrected chi connectivity index (χ4v) is 5.01. The Balaban J connectivity index is 1.50. The van der Waals surface area contributed by atoms with Crippen LogP contribution >= 0.6 is 0 Å². The van der Waals surface area contributed by atoms with Crippen molar-refractivity contribution in [1.82, 2.24) is 9.80 Å². The van der Waals surface area contributed by atoms with Gasteiger partial charge in [0.2, 0.25) is 0 Å². The highest BCUT2D eigenvalue weighted by Gasteiger charge is 2.32. The Morgan fingerprint density at radius 1 is 1.17 bits per heavy atom. The van der Waals surface area contributed by atoms with Gasteiger partial charge in [-0.2, -0.15) is 18.4 Å². The van der Waals surface area contributed by atoms with Crippen molar-refractivity contribution in [2.45, 2.75) is 50.7 Å². The number of nitriles is 1. The second kappa shape index (κ2) is 11.4. The molecule has 2 atom stereocenters. The average molecular weight is 503 g/mol. The molecule has 2 aromatic carbocycles. The van der Waals surface area contributed by atoms with E-state index in [1.807, 2.05) is 23.1 Å². The molecule has 0 aromatic heterocycles. The van der Waals surface area contributed by atoms with Crippen molar-refractivity contribution in [1.29, 1.82) is 5.26 Å². The lowest BCUT2D eigenvalue weighted by molar-refractivity contribution is -0.137. The summed E-state index contributed by atoms with van der Waals surface area (Å²) in [5.74, 6) is -1.02. The SMILES string of the molecule is N#Cc1cccc(C2=CCC(N(CCN3CCCC3)C(O)Nc3cc(F)cc(C(F)(F)F)c3)CC2)c1. The molecule has 9 heteroatoms. The summed E-state index contributed by atoms with van der Waals surface area (Å²) < 4.78 is 53.4. The number of aliphatic hydroxyl groups excluding tert-OH is 1. The van der Waals surface area contributed by atoms with Gasteiger partial charge < -0.3 is 15.3 Å². The second-order valence-corrected chi connectivity index (χ2v) is 9.38. The molecule has 0 spiro atoms. The molecule has 1 saturated heterocycles. The third kappa shape index (κ3) is 6.64. The van der Waals surface area contributed by atoms with Crippen LogP contribution in [-0.4, -0.2) is 53.5 Å². The number of alkyl halides is 3. The average Bonchev–Trinajstić information content (AvgIpc) is 3.37. The molecule has 2 aromatic rings. The van der Waals surface area contributed by atoms with Crippen LogP contribution in [0.4, 0.5) is 23.2 Å². The Morgan fingerprint density at radius 2 is 1.94 bits per heavy atom. The number of hydrogen-bond acceptors (Lipinski definition) is 5. The molecule has 2 unspecified atom stereocenters. The zero-order valence-corrected chi connectivity index (χ0v) is 19.9. The molecule has 1 aliphatic carbocycles. The van der Waals surface area contributed by atoms with E-state index in [1.165, 1.54) is 0 Å². The van der Waals surface area contributed by atoms with Gasteiger partial charge in [-0.3, -0.25) is 4.90 Å². The maximum atomic E-state index is 13.9. The fraction of sp³-hybridized carbons (Fsp3) is 0.444. The molecule has 2 aliphatic rings. The van der Waals surface area contributed by atoms with Gasteiger partial charge in [-0.15, -0.1) is 0 Å². The molecule has 1 heterocycles. The molecule has 2 N–H and O–H groups in total. The van der Waals surface area contributed by atoms with Crippen molar-refractivity contribution in [3.05, 3.63) is 71.0 Å². The van der Waals surface area contributed by atoms with Gasteiger partial charge in [-0.1, -0.05) is 18.2 Å². The molecule has 4 rings (SSSR count). The van der Waals surface area contributed by atoms with E-state index in [9.17, 15) is 27.9 Å². The maximum absolute atomic E-state index is 13.9. The number of rotatable bonds is 8. The van der Waals surface area contributed by atoms with Crippen LogP contribution in [0.15, 0.2) is 48.5 Å². The summed E-state index contributed by atoms with van der Waals surface area (Å²) in [6.45, 7) is 3.22. The first-order valence-corrected chi connectivity index (χ1v) is 12.2. The number of anilines is 1. The van der Waals surface area contributed by atoms with Gasteiger partial charge in [-0.05, 0) is 86.7 Å². The van der Waals surface area contributed by atoms with Gasteiger partial charge in [0.15, 0.2) is 6.35 Å². The Morgan fingerprint density at radius 3 is 2.61 bits per heavy atom. The molecule has 1 fully saturated rings. The predicted molar refractivity (Wildman–Crippen MR) is 130 cm³/mol. The number of benzene rings is 2. The van der Waals surface area contributed by atoms with Crippen molar-refractivity contribution in [2.75, 3.05) is 31.5 Å². The van der Waals surface area contributed by atoms with Crippen molar-refractivity contribution >= 4 is 11.3 Å². The van der Waals surface area contributed by atoms with Crippen LogP contribution in [0.1, 0.15) is 48.8 Å². The lowest BCUT2D eigenvalue weighted by Crippen LogP contribution is -2.50. The first kappa shape index (κ1) is 26.1. The Kier molecular flexibility index (Phi) is 8.29. The van der Waals surface area contributed by atoms with Gasteiger partial charge >= 0.3 is 6.18 Å². The number of aliphatic hydroxyl groups is 1. The molecular weight excluding hydrogens is 472 g/mol. The van der Waals surface area contributed by atoms with Gasteiger partial charge in [-0.25, -0.2) is 4.39 Å². The van der Waals surface area contributed by atoms with Crippen molar-refractivity contribution in [2.24, 2.45) is 0 Å². The van der Waals surface area contributed by atoms with E-state index in [0.717, 1.165) is 68.6 Å². The van der Waals surface area contributed by atoms with E-state index in [1.54, 1.807) is 6.07 Å². The highest BCUT2D eigenvalue weighted by Crippen LogP contribution is 2.33. The normalized spacial score (nSPS) is 19.7. The minimum Gasteiger partial charge on any atom is -0.361 e. The molecule has 0 radical (unpaired) electrons. The van der Waals surface area contributed by atoms with Crippen LogP contribution in [0, 0.1) is 17.1 Å². The van der Waals surface area contributed by atoms with E-state index >= 15 is 0 Å². The molecule has 0 amide bonds. The monoisotopic (exact) mass is 502 g/mol. The van der Waals surface area contributed by atoms with Crippen LogP contribution in [0.3, 0.4) is 0 Å². The highest BCUT2D eigenvalue weighted by molar-refractivity contribution is 5.67. The molecular formula is C27H30F4N4O. The van der Waals surface area contributed by atoms with Crippen molar-refractivity contribution in [3.8, 4) is 6.07 Å². The zero-order valence-electron chi connectivity index (χ0n) is 19.9. The summed E-state index contributed by atoms with van der Waals surface area (Å²) in [4.78, 5) is 4.16. The third-order valence-corrected chi connectivity index (χ3v) is 6.92. The van der Waals surface area contributed by atoms with Gasteiger partial charge in [0, 0.05) is 24.8 Å². The lowest BCUT2D eigenvalue weighted by Gasteiger charge is -2.38. The maximum Gasteiger partial charge on any atom is 0.416 e. The van der Waals surface area contributed by atoms with Crippen LogP contribution < -0.4 is 5.32 Å². The largest absolute Gasteiger partial charge is 0.416 e. The summed E-state index contributed by atoms with van der Waals surface area (Å²) in [5.41, 5.74) is 1.49. The first-order chi connectivity index (χ1) is 17.2. The summed E-state index contributed by atoms with van der Waals surface area (Å²) in [5, 5.41) is 22.9. The smallest absolute Gasteiger partial charge is 0.361 e. The van der Waals surface area contributed by atoms with Gasteiger partial charge in [0.1, 0.15) is 5.82 Å². The molecule has 1 aliphatic heterocycles. The highest BCUT2D eigenvalue weighted by atomic mass is 19.4. The third-order valence-electron chi connectivity index (χ3n) is 6.92. The van der Waals surface area contributed by atoms with E-state index < -0.39 is 23.9 Å². The summed E-state index contributed by atoms with van der Waals surface area (Å²) >= 11 is 0. The minimum absolute atomic E-state index is 0.0475. The number of nitrogens with zero attached hydrogens (tertiary/aromatic N) is 3. The number of halogens is 4.